The number of nitriles is 1. The first-order valence-electron chi connectivity index (χ1n) is 7.60. The maximum Gasteiger partial charge on any atom is 0.140 e. The van der Waals surface area contributed by atoms with Crippen molar-refractivity contribution in [1.29, 1.82) is 5.26 Å². The fourth-order valence-electron chi connectivity index (χ4n) is 3.05. The largest absolute Gasteiger partial charge is 0.491 e. The zero-order valence-corrected chi connectivity index (χ0v) is 12.9. The second-order valence-electron chi connectivity index (χ2n) is 5.64. The zero-order valence-electron chi connectivity index (χ0n) is 12.9. The molecule has 2 aromatic carbocycles. The summed E-state index contributed by atoms with van der Waals surface area (Å²) in [6.07, 6.45) is 0. The number of carbonyl (C=O) groups excluding carboxylic acids is 1. The van der Waals surface area contributed by atoms with E-state index in [0.29, 0.717) is 17.9 Å². The van der Waals surface area contributed by atoms with Gasteiger partial charge in [-0.1, -0.05) is 60.7 Å². The quantitative estimate of drug-likeness (QED) is 0.863. The molecule has 0 aromatic heterocycles. The number of ketones is 1. The number of allylic oxidation sites excluding steroid dienone is 1. The lowest BCUT2D eigenvalue weighted by atomic mass is 9.77. The molecule has 2 atom stereocenters. The van der Waals surface area contributed by atoms with Crippen molar-refractivity contribution in [3.05, 3.63) is 77.4 Å². The van der Waals surface area contributed by atoms with Gasteiger partial charge in [0.2, 0.25) is 0 Å². The number of ether oxygens (including phenoxy) is 1. The Bertz CT molecular complexity index is 772. The molecule has 3 nitrogen and oxygen atoms in total. The summed E-state index contributed by atoms with van der Waals surface area (Å²) >= 11 is 0. The van der Waals surface area contributed by atoms with E-state index in [1.807, 2.05) is 60.7 Å². The van der Waals surface area contributed by atoms with Crippen LogP contribution >= 0.6 is 0 Å². The van der Waals surface area contributed by atoms with Crippen LogP contribution in [0.5, 0.6) is 0 Å². The highest BCUT2D eigenvalue weighted by Crippen LogP contribution is 2.41. The standard InChI is InChI=1S/C20H17NO2/c1-14(22)18-13-23-20(16-10-6-3-7-11-16)17(12-21)19(18)15-8-4-2-5-9-15/h2-11,18-19H,13H2,1H3/t18-,19+/m1/s1. The van der Waals surface area contributed by atoms with Crippen LogP contribution in [0.3, 0.4) is 0 Å². The molecule has 0 radical (unpaired) electrons. The molecular weight excluding hydrogens is 286 g/mol. The van der Waals surface area contributed by atoms with E-state index in [2.05, 4.69) is 6.07 Å². The molecule has 23 heavy (non-hydrogen) atoms. The van der Waals surface area contributed by atoms with E-state index >= 15 is 0 Å². The summed E-state index contributed by atoms with van der Waals surface area (Å²) in [6, 6.07) is 21.6. The highest BCUT2D eigenvalue weighted by Gasteiger charge is 2.37. The smallest absolute Gasteiger partial charge is 0.140 e. The lowest BCUT2D eigenvalue weighted by Gasteiger charge is -2.32. The topological polar surface area (TPSA) is 50.1 Å². The fourth-order valence-corrected chi connectivity index (χ4v) is 3.05. The van der Waals surface area contributed by atoms with Gasteiger partial charge >= 0.3 is 0 Å². The van der Waals surface area contributed by atoms with Gasteiger partial charge in [-0.05, 0) is 12.5 Å². The Hall–Kier alpha value is -2.86. The zero-order chi connectivity index (χ0) is 16.2. The molecule has 0 N–H and O–H groups in total. The van der Waals surface area contributed by atoms with Gasteiger partial charge in [-0.15, -0.1) is 0 Å². The van der Waals surface area contributed by atoms with E-state index in [9.17, 15) is 10.1 Å². The minimum absolute atomic E-state index is 0.0405. The Morgan fingerprint density at radius 2 is 1.70 bits per heavy atom. The lowest BCUT2D eigenvalue weighted by molar-refractivity contribution is -0.122. The van der Waals surface area contributed by atoms with Crippen LogP contribution in [-0.2, 0) is 9.53 Å². The Kier molecular flexibility index (Phi) is 4.25. The molecule has 0 spiro atoms. The van der Waals surface area contributed by atoms with Gasteiger partial charge in [-0.3, -0.25) is 4.79 Å². The van der Waals surface area contributed by atoms with Crippen LogP contribution in [0, 0.1) is 17.2 Å². The molecule has 0 fully saturated rings. The van der Waals surface area contributed by atoms with Gasteiger partial charge in [-0.2, -0.15) is 5.26 Å². The van der Waals surface area contributed by atoms with Gasteiger partial charge in [0.1, 0.15) is 11.5 Å². The first kappa shape index (κ1) is 15.1. The number of hydrogen-bond acceptors (Lipinski definition) is 3. The van der Waals surface area contributed by atoms with Gasteiger partial charge < -0.3 is 4.74 Å². The molecular formula is C20H17NO2. The predicted octanol–water partition coefficient (Wildman–Crippen LogP) is 3.94. The summed E-state index contributed by atoms with van der Waals surface area (Å²) in [4.78, 5) is 12.1. The van der Waals surface area contributed by atoms with E-state index in [1.165, 1.54) is 0 Å². The molecule has 3 rings (SSSR count). The lowest BCUT2D eigenvalue weighted by Crippen LogP contribution is -2.30. The molecule has 0 unspecified atom stereocenters. The Morgan fingerprint density at radius 1 is 1.09 bits per heavy atom. The minimum atomic E-state index is -0.334. The van der Waals surface area contributed by atoms with Crippen molar-refractivity contribution in [1.82, 2.24) is 0 Å². The van der Waals surface area contributed by atoms with Crippen LogP contribution < -0.4 is 0 Å². The first-order valence-corrected chi connectivity index (χ1v) is 7.60. The Labute approximate surface area is 135 Å². The molecule has 1 aliphatic heterocycles. The first-order chi connectivity index (χ1) is 11.2. The second-order valence-corrected chi connectivity index (χ2v) is 5.64. The number of nitrogens with zero attached hydrogens (tertiary/aromatic N) is 1. The Morgan fingerprint density at radius 3 is 2.26 bits per heavy atom. The molecule has 114 valence electrons. The number of Topliss-reactive ketones (excluding diaryl/α,β-unsaturated/α-hetero) is 1. The molecule has 1 aliphatic rings. The fraction of sp³-hybridized carbons (Fsp3) is 0.200. The van der Waals surface area contributed by atoms with Crippen molar-refractivity contribution in [3.63, 3.8) is 0 Å². The predicted molar refractivity (Wildman–Crippen MR) is 88.3 cm³/mol. The van der Waals surface area contributed by atoms with Crippen LogP contribution in [0.15, 0.2) is 66.2 Å². The van der Waals surface area contributed by atoms with Crippen molar-refractivity contribution in [2.24, 2.45) is 5.92 Å². The van der Waals surface area contributed by atoms with Gasteiger partial charge in [0.05, 0.1) is 24.2 Å². The highest BCUT2D eigenvalue weighted by atomic mass is 16.5. The third-order valence-electron chi connectivity index (χ3n) is 4.20. The number of benzene rings is 2. The van der Waals surface area contributed by atoms with Crippen LogP contribution in [-0.4, -0.2) is 12.4 Å². The molecule has 1 heterocycles. The van der Waals surface area contributed by atoms with Gasteiger partial charge in [0.25, 0.3) is 0 Å². The number of rotatable bonds is 3. The SMILES string of the molecule is CC(=O)[C@H]1COC(c2ccccc2)=C(C#N)[C@@H]1c1ccccc1. The molecule has 0 bridgehead atoms. The summed E-state index contributed by atoms with van der Waals surface area (Å²) in [6.45, 7) is 1.86. The number of hydrogen-bond donors (Lipinski definition) is 0. The van der Waals surface area contributed by atoms with Crippen LogP contribution in [0.25, 0.3) is 5.76 Å². The summed E-state index contributed by atoms with van der Waals surface area (Å²) in [5.41, 5.74) is 2.36. The summed E-state index contributed by atoms with van der Waals surface area (Å²) < 4.78 is 5.83. The maximum atomic E-state index is 12.1. The average molecular weight is 303 g/mol. The maximum absolute atomic E-state index is 12.1. The van der Waals surface area contributed by atoms with Crippen molar-refractivity contribution in [3.8, 4) is 6.07 Å². The van der Waals surface area contributed by atoms with Crippen LogP contribution in [0.2, 0.25) is 0 Å². The molecule has 0 aliphatic carbocycles. The van der Waals surface area contributed by atoms with Crippen molar-refractivity contribution >= 4 is 11.5 Å². The monoisotopic (exact) mass is 303 g/mol. The third-order valence-corrected chi connectivity index (χ3v) is 4.20. The normalized spacial score (nSPS) is 20.5. The number of carbonyl (C=O) groups is 1. The van der Waals surface area contributed by atoms with Crippen molar-refractivity contribution in [2.45, 2.75) is 12.8 Å². The van der Waals surface area contributed by atoms with E-state index in [1.54, 1.807) is 6.92 Å². The van der Waals surface area contributed by atoms with E-state index in [4.69, 9.17) is 4.74 Å². The van der Waals surface area contributed by atoms with E-state index < -0.39 is 0 Å². The third kappa shape index (κ3) is 2.89. The van der Waals surface area contributed by atoms with Crippen LogP contribution in [0.4, 0.5) is 0 Å². The molecule has 0 saturated heterocycles. The van der Waals surface area contributed by atoms with Gasteiger partial charge in [-0.25, -0.2) is 0 Å². The molecule has 2 aromatic rings. The summed E-state index contributed by atoms with van der Waals surface area (Å²) in [7, 11) is 0. The van der Waals surface area contributed by atoms with Gasteiger partial charge in [0.15, 0.2) is 0 Å². The highest BCUT2D eigenvalue weighted by molar-refractivity contribution is 5.83. The molecule has 0 saturated carbocycles. The summed E-state index contributed by atoms with van der Waals surface area (Å²) in [5, 5.41) is 9.75. The van der Waals surface area contributed by atoms with Crippen molar-refractivity contribution in [2.75, 3.05) is 6.61 Å². The van der Waals surface area contributed by atoms with E-state index in [0.717, 1.165) is 11.1 Å². The van der Waals surface area contributed by atoms with Crippen LogP contribution in [0.1, 0.15) is 24.0 Å². The minimum Gasteiger partial charge on any atom is -0.491 e. The Balaban J connectivity index is 2.17. The summed E-state index contributed by atoms with van der Waals surface area (Å²) in [5.74, 6) is 0.0281. The van der Waals surface area contributed by atoms with E-state index in [-0.39, 0.29) is 17.6 Å². The second kappa shape index (κ2) is 6.50. The van der Waals surface area contributed by atoms with Crippen molar-refractivity contribution < 1.29 is 9.53 Å². The molecule has 0 amide bonds. The van der Waals surface area contributed by atoms with Gasteiger partial charge in [0, 0.05) is 11.5 Å². The molecule has 3 heteroatoms. The average Bonchev–Trinajstić information content (AvgIpc) is 2.61.